The van der Waals surface area contributed by atoms with Crippen LogP contribution in [-0.4, -0.2) is 5.78 Å². The summed E-state index contributed by atoms with van der Waals surface area (Å²) in [6.45, 7) is 0. The van der Waals surface area contributed by atoms with Crippen LogP contribution in [0, 0.1) is 0 Å². The molecule has 0 aromatic heterocycles. The molecule has 0 fully saturated rings. The lowest BCUT2D eigenvalue weighted by Crippen LogP contribution is -2.09. The van der Waals surface area contributed by atoms with E-state index in [1.807, 2.05) is 12.2 Å². The molecule has 0 aromatic carbocycles. The third-order valence-electron chi connectivity index (χ3n) is 1.74. The van der Waals surface area contributed by atoms with Crippen LogP contribution in [-0.2, 0) is 4.79 Å². The zero-order valence-electron chi connectivity index (χ0n) is 5.87. The highest BCUT2D eigenvalue weighted by molar-refractivity contribution is 6.10. The molecule has 0 bridgehead atoms. The standard InChI is InChI=1S/C9H7NO/c10-7-4-6-2-1-3-8(6)9(11)5-7/h1-5H,10H2. The number of hydrogen-bond donors (Lipinski definition) is 1. The van der Waals surface area contributed by atoms with Crippen LogP contribution in [0.2, 0.25) is 0 Å². The molecule has 0 aromatic rings. The van der Waals surface area contributed by atoms with Gasteiger partial charge < -0.3 is 5.73 Å². The molecule has 2 N–H and O–H groups in total. The molecule has 2 rings (SSSR count). The third kappa shape index (κ3) is 0.835. The van der Waals surface area contributed by atoms with Crippen molar-refractivity contribution in [3.63, 3.8) is 0 Å². The first-order valence-electron chi connectivity index (χ1n) is 3.39. The monoisotopic (exact) mass is 145 g/mol. The minimum Gasteiger partial charge on any atom is -0.399 e. The van der Waals surface area contributed by atoms with Gasteiger partial charge in [0.15, 0.2) is 5.78 Å². The summed E-state index contributed by atoms with van der Waals surface area (Å²) in [5.74, 6) is 0.00463. The Morgan fingerprint density at radius 1 is 1.27 bits per heavy atom. The van der Waals surface area contributed by atoms with Gasteiger partial charge >= 0.3 is 0 Å². The van der Waals surface area contributed by atoms with Crippen molar-refractivity contribution in [1.82, 2.24) is 0 Å². The number of carbonyl (C=O) groups is 1. The maximum Gasteiger partial charge on any atom is 0.188 e. The average Bonchev–Trinajstić information content (AvgIpc) is 2.34. The van der Waals surface area contributed by atoms with Gasteiger partial charge in [0, 0.05) is 17.3 Å². The summed E-state index contributed by atoms with van der Waals surface area (Å²) in [6, 6.07) is 0. The number of ketones is 1. The molecule has 2 aliphatic rings. The summed E-state index contributed by atoms with van der Waals surface area (Å²) in [6.07, 6.45) is 8.79. The summed E-state index contributed by atoms with van der Waals surface area (Å²) in [5, 5.41) is 0. The maximum atomic E-state index is 11.2. The van der Waals surface area contributed by atoms with E-state index in [-0.39, 0.29) is 5.78 Å². The van der Waals surface area contributed by atoms with Crippen LogP contribution in [0.3, 0.4) is 0 Å². The zero-order chi connectivity index (χ0) is 7.84. The minimum absolute atomic E-state index is 0.00463. The van der Waals surface area contributed by atoms with Crippen molar-refractivity contribution in [2.75, 3.05) is 0 Å². The second kappa shape index (κ2) is 1.95. The van der Waals surface area contributed by atoms with E-state index in [9.17, 15) is 4.79 Å². The molecule has 0 unspecified atom stereocenters. The quantitative estimate of drug-likeness (QED) is 0.548. The summed E-state index contributed by atoms with van der Waals surface area (Å²) in [5.41, 5.74) is 7.69. The van der Waals surface area contributed by atoms with E-state index in [4.69, 9.17) is 5.73 Å². The van der Waals surface area contributed by atoms with Crippen molar-refractivity contribution < 1.29 is 4.79 Å². The molecular formula is C9H7NO. The van der Waals surface area contributed by atoms with Gasteiger partial charge in [0.1, 0.15) is 0 Å². The van der Waals surface area contributed by atoms with E-state index >= 15 is 0 Å². The van der Waals surface area contributed by atoms with Gasteiger partial charge in [0.25, 0.3) is 0 Å². The van der Waals surface area contributed by atoms with E-state index in [2.05, 4.69) is 0 Å². The van der Waals surface area contributed by atoms with Gasteiger partial charge in [-0.05, 0) is 11.6 Å². The predicted molar refractivity (Wildman–Crippen MR) is 42.6 cm³/mol. The van der Waals surface area contributed by atoms with Crippen LogP contribution >= 0.6 is 0 Å². The fourth-order valence-corrected chi connectivity index (χ4v) is 1.23. The van der Waals surface area contributed by atoms with Gasteiger partial charge in [-0.15, -0.1) is 0 Å². The lowest BCUT2D eigenvalue weighted by molar-refractivity contribution is -0.111. The van der Waals surface area contributed by atoms with Gasteiger partial charge in [0.05, 0.1) is 0 Å². The molecular weight excluding hydrogens is 138 g/mol. The van der Waals surface area contributed by atoms with Gasteiger partial charge in [-0.2, -0.15) is 0 Å². The Hall–Kier alpha value is -1.57. The molecule has 11 heavy (non-hydrogen) atoms. The molecule has 0 spiro atoms. The van der Waals surface area contributed by atoms with Crippen LogP contribution in [0.1, 0.15) is 0 Å². The zero-order valence-corrected chi connectivity index (χ0v) is 5.87. The number of nitrogens with two attached hydrogens (primary N) is 1. The Bertz CT molecular complexity index is 343. The highest BCUT2D eigenvalue weighted by atomic mass is 16.1. The van der Waals surface area contributed by atoms with Crippen LogP contribution in [0.4, 0.5) is 0 Å². The summed E-state index contributed by atoms with van der Waals surface area (Å²) >= 11 is 0. The fraction of sp³-hybridized carbons (Fsp3) is 0. The Morgan fingerprint density at radius 3 is 2.91 bits per heavy atom. The van der Waals surface area contributed by atoms with E-state index in [0.717, 1.165) is 11.1 Å². The van der Waals surface area contributed by atoms with Crippen LogP contribution in [0.5, 0.6) is 0 Å². The van der Waals surface area contributed by atoms with Crippen molar-refractivity contribution in [1.29, 1.82) is 0 Å². The largest absolute Gasteiger partial charge is 0.399 e. The smallest absolute Gasteiger partial charge is 0.188 e. The first-order chi connectivity index (χ1) is 5.27. The van der Waals surface area contributed by atoms with E-state index in [1.54, 1.807) is 12.2 Å². The maximum absolute atomic E-state index is 11.2. The van der Waals surface area contributed by atoms with Crippen molar-refractivity contribution in [2.45, 2.75) is 0 Å². The third-order valence-corrected chi connectivity index (χ3v) is 1.74. The second-order valence-corrected chi connectivity index (χ2v) is 2.55. The number of fused-ring (bicyclic) bond motifs is 1. The topological polar surface area (TPSA) is 43.1 Å². The number of hydrogen-bond acceptors (Lipinski definition) is 2. The van der Waals surface area contributed by atoms with Crippen LogP contribution in [0.25, 0.3) is 0 Å². The van der Waals surface area contributed by atoms with Gasteiger partial charge in [0.2, 0.25) is 0 Å². The SMILES string of the molecule is NC1=CC(=O)C2=CC=CC2=C1. The van der Waals surface area contributed by atoms with Gasteiger partial charge in [-0.25, -0.2) is 0 Å². The van der Waals surface area contributed by atoms with E-state index in [0.29, 0.717) is 5.70 Å². The molecule has 0 heterocycles. The molecule has 0 radical (unpaired) electrons. The molecule has 2 aliphatic carbocycles. The van der Waals surface area contributed by atoms with Gasteiger partial charge in [-0.1, -0.05) is 18.2 Å². The van der Waals surface area contributed by atoms with E-state index < -0.39 is 0 Å². The van der Waals surface area contributed by atoms with Crippen molar-refractivity contribution in [3.05, 3.63) is 47.2 Å². The first kappa shape index (κ1) is 6.16. The summed E-state index contributed by atoms with van der Waals surface area (Å²) in [4.78, 5) is 11.2. The molecule has 0 aliphatic heterocycles. The number of allylic oxidation sites excluding steroid dienone is 7. The van der Waals surface area contributed by atoms with Gasteiger partial charge in [-0.3, -0.25) is 4.79 Å². The Morgan fingerprint density at radius 2 is 2.09 bits per heavy atom. The molecule has 0 amide bonds. The second-order valence-electron chi connectivity index (χ2n) is 2.55. The molecule has 2 nitrogen and oxygen atoms in total. The first-order valence-corrected chi connectivity index (χ1v) is 3.39. The normalized spacial score (nSPS) is 20.7. The minimum atomic E-state index is 0.00463. The van der Waals surface area contributed by atoms with Crippen LogP contribution in [0.15, 0.2) is 47.2 Å². The van der Waals surface area contributed by atoms with E-state index in [1.165, 1.54) is 6.08 Å². The highest BCUT2D eigenvalue weighted by Crippen LogP contribution is 2.23. The molecule has 54 valence electrons. The number of rotatable bonds is 0. The van der Waals surface area contributed by atoms with Crippen molar-refractivity contribution in [2.24, 2.45) is 5.73 Å². The predicted octanol–water partition coefficient (Wildman–Crippen LogP) is 0.834. The molecule has 0 atom stereocenters. The summed E-state index contributed by atoms with van der Waals surface area (Å²) in [7, 11) is 0. The molecule has 2 heteroatoms. The molecule has 0 saturated carbocycles. The fourth-order valence-electron chi connectivity index (χ4n) is 1.23. The Balaban J connectivity index is 2.54. The highest BCUT2D eigenvalue weighted by Gasteiger charge is 2.17. The molecule has 0 saturated heterocycles. The van der Waals surface area contributed by atoms with Crippen molar-refractivity contribution >= 4 is 5.78 Å². The summed E-state index contributed by atoms with van der Waals surface area (Å²) < 4.78 is 0. The lowest BCUT2D eigenvalue weighted by Gasteiger charge is -2.06. The number of carbonyl (C=O) groups excluding carboxylic acids is 1. The average molecular weight is 145 g/mol. The van der Waals surface area contributed by atoms with Crippen molar-refractivity contribution in [3.8, 4) is 0 Å². The Kier molecular flexibility index (Phi) is 1.09. The Labute approximate surface area is 64.4 Å². The van der Waals surface area contributed by atoms with Crippen LogP contribution < -0.4 is 5.73 Å². The lowest BCUT2D eigenvalue weighted by atomic mass is 9.99.